The molecule has 1 unspecified atom stereocenters. The van der Waals surface area contributed by atoms with Crippen LogP contribution < -0.4 is 9.62 Å². The van der Waals surface area contributed by atoms with E-state index in [1.807, 2.05) is 38.1 Å². The molecule has 0 aliphatic heterocycles. The predicted octanol–water partition coefficient (Wildman–Crippen LogP) is 5.59. The zero-order valence-corrected chi connectivity index (χ0v) is 24.4. The van der Waals surface area contributed by atoms with E-state index >= 15 is 0 Å². The minimum absolute atomic E-state index is 0.00432. The van der Waals surface area contributed by atoms with E-state index < -0.39 is 34.3 Å². The van der Waals surface area contributed by atoms with Gasteiger partial charge in [-0.05, 0) is 73.7 Å². The Morgan fingerprint density at radius 1 is 0.927 bits per heavy atom. The number of nitrogens with zero attached hydrogens (tertiary/aromatic N) is 2. The molecule has 3 aromatic rings. The number of aryl methyl sites for hydroxylation is 1. The number of carbonyl (C=O) groups is 2. The summed E-state index contributed by atoms with van der Waals surface area (Å²) in [6.45, 7) is 3.38. The zero-order chi connectivity index (χ0) is 29.4. The molecule has 0 heterocycles. The van der Waals surface area contributed by atoms with Gasteiger partial charge in [-0.1, -0.05) is 68.7 Å². The summed E-state index contributed by atoms with van der Waals surface area (Å²) in [5.74, 6) is -1.29. The molecule has 3 aromatic carbocycles. The molecule has 1 fully saturated rings. The monoisotopic (exact) mass is 579 g/mol. The number of carbonyl (C=O) groups excluding carboxylic acids is 2. The highest BCUT2D eigenvalue weighted by Gasteiger charge is 2.34. The molecule has 1 aliphatic rings. The number of amides is 2. The lowest BCUT2D eigenvalue weighted by Crippen LogP contribution is -2.54. The average Bonchev–Trinajstić information content (AvgIpc) is 2.98. The second-order valence-corrected chi connectivity index (χ2v) is 12.4. The van der Waals surface area contributed by atoms with Crippen molar-refractivity contribution < 1.29 is 22.4 Å². The van der Waals surface area contributed by atoms with Crippen molar-refractivity contribution in [2.45, 2.75) is 75.9 Å². The van der Waals surface area contributed by atoms with Crippen LogP contribution in [0.5, 0.6) is 0 Å². The van der Waals surface area contributed by atoms with Crippen molar-refractivity contribution in [1.29, 1.82) is 0 Å². The zero-order valence-electron chi connectivity index (χ0n) is 23.6. The van der Waals surface area contributed by atoms with Gasteiger partial charge in [-0.3, -0.25) is 13.9 Å². The highest BCUT2D eigenvalue weighted by molar-refractivity contribution is 7.92. The van der Waals surface area contributed by atoms with Crippen LogP contribution in [0, 0.1) is 12.7 Å². The molecular weight excluding hydrogens is 541 g/mol. The van der Waals surface area contributed by atoms with Gasteiger partial charge in [0.1, 0.15) is 18.4 Å². The number of hydrogen-bond acceptors (Lipinski definition) is 4. The Labute approximate surface area is 242 Å². The van der Waals surface area contributed by atoms with Gasteiger partial charge in [0.25, 0.3) is 10.0 Å². The maximum Gasteiger partial charge on any atom is 0.264 e. The van der Waals surface area contributed by atoms with Crippen molar-refractivity contribution in [2.75, 3.05) is 10.8 Å². The Bertz CT molecular complexity index is 1420. The summed E-state index contributed by atoms with van der Waals surface area (Å²) in [7, 11) is -4.19. The van der Waals surface area contributed by atoms with Crippen LogP contribution in [0.15, 0.2) is 83.8 Å². The number of benzene rings is 3. The van der Waals surface area contributed by atoms with E-state index in [1.54, 1.807) is 18.2 Å². The summed E-state index contributed by atoms with van der Waals surface area (Å²) in [5, 5.41) is 3.15. The topological polar surface area (TPSA) is 86.8 Å². The van der Waals surface area contributed by atoms with Gasteiger partial charge >= 0.3 is 0 Å². The van der Waals surface area contributed by atoms with Gasteiger partial charge in [0.2, 0.25) is 11.8 Å². The Balaban J connectivity index is 1.70. The van der Waals surface area contributed by atoms with E-state index in [0.717, 1.165) is 59.7 Å². The van der Waals surface area contributed by atoms with Crippen molar-refractivity contribution in [2.24, 2.45) is 0 Å². The molecular formula is C32H38FN3O4S. The number of halogens is 1. The fourth-order valence-corrected chi connectivity index (χ4v) is 6.73. The Kier molecular flexibility index (Phi) is 10.2. The summed E-state index contributed by atoms with van der Waals surface area (Å²) in [6.07, 6.45) is 5.42. The molecule has 4 rings (SSSR count). The first-order valence-corrected chi connectivity index (χ1v) is 15.6. The normalized spacial score (nSPS) is 14.7. The SMILES string of the molecule is CCC(C(=O)NC1CCCCC1)N(Cc1ccccc1C)C(=O)CN(c1ccc(F)cc1)S(=O)(=O)c1ccccc1. The molecule has 218 valence electrons. The standard InChI is InChI=1S/C32H38FN3O4S/c1-3-30(32(38)34-27-14-6-4-7-15-27)35(22-25-13-11-10-12-24(25)2)31(37)23-36(28-20-18-26(33)19-21-28)41(39,40)29-16-8-5-9-17-29/h5,8-13,16-21,27,30H,3-4,6-7,14-15,22-23H2,1-2H3,(H,34,38). The highest BCUT2D eigenvalue weighted by atomic mass is 32.2. The van der Waals surface area contributed by atoms with Gasteiger partial charge in [-0.2, -0.15) is 0 Å². The first kappa shape index (κ1) is 30.2. The van der Waals surface area contributed by atoms with Crippen molar-refractivity contribution in [3.05, 3.63) is 95.8 Å². The van der Waals surface area contributed by atoms with Crippen molar-refractivity contribution in [3.63, 3.8) is 0 Å². The van der Waals surface area contributed by atoms with Crippen LogP contribution >= 0.6 is 0 Å². The Morgan fingerprint density at radius 2 is 1.56 bits per heavy atom. The number of hydrogen-bond donors (Lipinski definition) is 1. The molecule has 0 saturated heterocycles. The smallest absolute Gasteiger partial charge is 0.264 e. The van der Waals surface area contributed by atoms with Gasteiger partial charge in [0.15, 0.2) is 0 Å². The van der Waals surface area contributed by atoms with Gasteiger partial charge in [0.05, 0.1) is 10.6 Å². The highest BCUT2D eigenvalue weighted by Crippen LogP contribution is 2.26. The van der Waals surface area contributed by atoms with E-state index in [1.165, 1.54) is 29.2 Å². The molecule has 2 amide bonds. The second kappa shape index (κ2) is 13.8. The molecule has 0 radical (unpaired) electrons. The van der Waals surface area contributed by atoms with Crippen LogP contribution in [0.2, 0.25) is 0 Å². The maximum atomic E-state index is 14.2. The first-order valence-electron chi connectivity index (χ1n) is 14.2. The molecule has 41 heavy (non-hydrogen) atoms. The van der Waals surface area contributed by atoms with Crippen LogP contribution in [-0.2, 0) is 26.2 Å². The Hall–Kier alpha value is -3.72. The molecule has 1 atom stereocenters. The van der Waals surface area contributed by atoms with E-state index in [4.69, 9.17) is 0 Å². The quantitative estimate of drug-likeness (QED) is 0.321. The summed E-state index contributed by atoms with van der Waals surface area (Å²) in [6, 6.07) is 19.7. The average molecular weight is 580 g/mol. The third-order valence-corrected chi connectivity index (χ3v) is 9.45. The lowest BCUT2D eigenvalue weighted by molar-refractivity contribution is -0.140. The van der Waals surface area contributed by atoms with Gasteiger partial charge in [0, 0.05) is 12.6 Å². The van der Waals surface area contributed by atoms with Crippen molar-refractivity contribution >= 4 is 27.5 Å². The number of anilines is 1. The number of sulfonamides is 1. The third kappa shape index (κ3) is 7.52. The van der Waals surface area contributed by atoms with Crippen LogP contribution in [0.1, 0.15) is 56.6 Å². The molecule has 9 heteroatoms. The molecule has 7 nitrogen and oxygen atoms in total. The summed E-state index contributed by atoms with van der Waals surface area (Å²) in [5.41, 5.74) is 1.98. The van der Waals surface area contributed by atoms with Gasteiger partial charge in [-0.15, -0.1) is 0 Å². The molecule has 0 aromatic heterocycles. The van der Waals surface area contributed by atoms with Crippen LogP contribution in [-0.4, -0.2) is 43.8 Å². The van der Waals surface area contributed by atoms with E-state index in [0.29, 0.717) is 6.42 Å². The largest absolute Gasteiger partial charge is 0.352 e. The Morgan fingerprint density at radius 3 is 2.20 bits per heavy atom. The van der Waals surface area contributed by atoms with E-state index in [-0.39, 0.29) is 29.1 Å². The van der Waals surface area contributed by atoms with Gasteiger partial charge < -0.3 is 10.2 Å². The predicted molar refractivity (Wildman–Crippen MR) is 158 cm³/mol. The summed E-state index contributed by atoms with van der Waals surface area (Å²) in [4.78, 5) is 29.2. The molecule has 1 saturated carbocycles. The van der Waals surface area contributed by atoms with Crippen molar-refractivity contribution in [1.82, 2.24) is 10.2 Å². The number of nitrogens with one attached hydrogen (secondary N) is 1. The molecule has 0 bridgehead atoms. The fraction of sp³-hybridized carbons (Fsp3) is 0.375. The maximum absolute atomic E-state index is 14.2. The minimum Gasteiger partial charge on any atom is -0.352 e. The van der Waals surface area contributed by atoms with Crippen molar-refractivity contribution in [3.8, 4) is 0 Å². The first-order chi connectivity index (χ1) is 19.7. The fourth-order valence-electron chi connectivity index (χ4n) is 5.29. The van der Waals surface area contributed by atoms with Crippen LogP contribution in [0.3, 0.4) is 0 Å². The third-order valence-electron chi connectivity index (χ3n) is 7.66. The number of rotatable bonds is 11. The summed E-state index contributed by atoms with van der Waals surface area (Å²) >= 11 is 0. The van der Waals surface area contributed by atoms with E-state index in [2.05, 4.69) is 5.32 Å². The minimum atomic E-state index is -4.19. The molecule has 1 N–H and O–H groups in total. The molecule has 0 spiro atoms. The van der Waals surface area contributed by atoms with Crippen LogP contribution in [0.25, 0.3) is 0 Å². The molecule has 1 aliphatic carbocycles. The van der Waals surface area contributed by atoms with Crippen LogP contribution in [0.4, 0.5) is 10.1 Å². The lowest BCUT2D eigenvalue weighted by atomic mass is 9.95. The second-order valence-electron chi connectivity index (χ2n) is 10.5. The summed E-state index contributed by atoms with van der Waals surface area (Å²) < 4.78 is 42.4. The van der Waals surface area contributed by atoms with Gasteiger partial charge in [-0.25, -0.2) is 12.8 Å². The van der Waals surface area contributed by atoms with E-state index in [9.17, 15) is 22.4 Å². The lowest BCUT2D eigenvalue weighted by Gasteiger charge is -2.34.